The van der Waals surface area contributed by atoms with E-state index in [0.717, 1.165) is 5.56 Å². The Morgan fingerprint density at radius 1 is 1.26 bits per heavy atom. The van der Waals surface area contributed by atoms with Crippen LogP contribution in [0.2, 0.25) is 0 Å². The summed E-state index contributed by atoms with van der Waals surface area (Å²) in [7, 11) is -3.75. The molecule has 0 atom stereocenters. The van der Waals surface area contributed by atoms with Crippen LogP contribution in [0.1, 0.15) is 39.7 Å². The minimum absolute atomic E-state index is 0.152. The van der Waals surface area contributed by atoms with Gasteiger partial charge in [0.2, 0.25) is 15.9 Å². The number of nitrogens with one attached hydrogen (secondary N) is 1. The molecule has 0 aliphatic carbocycles. The molecule has 1 amide bonds. The fraction of sp³-hybridized carbons (Fsp3) is 0.632. The van der Waals surface area contributed by atoms with E-state index in [0.29, 0.717) is 31.9 Å². The number of nitrogens with zero attached hydrogens (tertiary/aromatic N) is 1. The van der Waals surface area contributed by atoms with E-state index in [2.05, 4.69) is 5.32 Å². The molecule has 1 rings (SSSR count). The van der Waals surface area contributed by atoms with Gasteiger partial charge in [0.05, 0.1) is 24.2 Å². The highest BCUT2D eigenvalue weighted by atomic mass is 32.2. The first-order chi connectivity index (χ1) is 12.7. The van der Waals surface area contributed by atoms with E-state index < -0.39 is 10.0 Å². The molecule has 0 aliphatic heterocycles. The van der Waals surface area contributed by atoms with Crippen molar-refractivity contribution >= 4 is 15.9 Å². The van der Waals surface area contributed by atoms with Gasteiger partial charge in [-0.1, -0.05) is 6.92 Å². The number of ether oxygens (including phenoxy) is 2. The van der Waals surface area contributed by atoms with Crippen LogP contribution >= 0.6 is 0 Å². The fourth-order valence-corrected chi connectivity index (χ4v) is 3.94. The summed E-state index contributed by atoms with van der Waals surface area (Å²) in [5.74, 6) is 0.327. The first-order valence-electron chi connectivity index (χ1n) is 9.34. The van der Waals surface area contributed by atoms with E-state index >= 15 is 0 Å². The Hall–Kier alpha value is -1.64. The molecule has 0 heterocycles. The van der Waals surface area contributed by atoms with Crippen molar-refractivity contribution in [3.63, 3.8) is 0 Å². The van der Waals surface area contributed by atoms with Gasteiger partial charge in [-0.15, -0.1) is 0 Å². The molecule has 0 aliphatic rings. The van der Waals surface area contributed by atoms with E-state index in [1.54, 1.807) is 26.0 Å². The molecular formula is C19H32N2O5S. The minimum atomic E-state index is -3.75. The van der Waals surface area contributed by atoms with Crippen molar-refractivity contribution in [3.8, 4) is 5.75 Å². The number of carbonyl (C=O) groups excluding carboxylic acids is 1. The van der Waals surface area contributed by atoms with Crippen LogP contribution in [0.25, 0.3) is 0 Å². The third-order valence-corrected chi connectivity index (χ3v) is 5.77. The quantitative estimate of drug-likeness (QED) is 0.544. The van der Waals surface area contributed by atoms with Gasteiger partial charge >= 0.3 is 0 Å². The summed E-state index contributed by atoms with van der Waals surface area (Å²) in [5.41, 5.74) is 0.739. The number of benzene rings is 1. The molecule has 1 aromatic rings. The number of aryl methyl sites for hydroxylation is 1. The molecular weight excluding hydrogens is 368 g/mol. The molecule has 27 heavy (non-hydrogen) atoms. The van der Waals surface area contributed by atoms with Crippen LogP contribution in [0.5, 0.6) is 5.75 Å². The van der Waals surface area contributed by atoms with Gasteiger partial charge in [0.25, 0.3) is 0 Å². The van der Waals surface area contributed by atoms with Gasteiger partial charge in [-0.3, -0.25) is 4.79 Å². The molecule has 7 nitrogen and oxygen atoms in total. The second-order valence-corrected chi connectivity index (χ2v) is 8.35. The van der Waals surface area contributed by atoms with Crippen molar-refractivity contribution in [2.45, 2.75) is 52.0 Å². The zero-order valence-corrected chi connectivity index (χ0v) is 17.8. The number of rotatable bonds is 12. The molecule has 0 spiro atoms. The molecule has 0 unspecified atom stereocenters. The summed E-state index contributed by atoms with van der Waals surface area (Å²) >= 11 is 0. The standard InChI is InChI=1S/C19H32N2O5S/c1-6-21(14-19(22)20-11-8-12-26-15(3)4)27(23,24)17-9-10-18(25-7-2)16(5)13-17/h9-10,13,15H,6-8,11-12,14H2,1-5H3,(H,20,22). The van der Waals surface area contributed by atoms with Crippen molar-refractivity contribution in [3.05, 3.63) is 23.8 Å². The lowest BCUT2D eigenvalue weighted by Gasteiger charge is -2.21. The minimum Gasteiger partial charge on any atom is -0.494 e. The summed E-state index contributed by atoms with van der Waals surface area (Å²) < 4.78 is 37.7. The van der Waals surface area contributed by atoms with E-state index in [1.807, 2.05) is 20.8 Å². The zero-order valence-electron chi connectivity index (χ0n) is 16.9. The predicted molar refractivity (Wildman–Crippen MR) is 105 cm³/mol. The van der Waals surface area contributed by atoms with Crippen molar-refractivity contribution in [1.29, 1.82) is 0 Å². The van der Waals surface area contributed by atoms with Crippen LogP contribution in [0, 0.1) is 6.92 Å². The zero-order chi connectivity index (χ0) is 20.4. The summed E-state index contributed by atoms with van der Waals surface area (Å²) in [6.07, 6.45) is 0.833. The molecule has 1 aromatic carbocycles. The van der Waals surface area contributed by atoms with Crippen LogP contribution in [0.3, 0.4) is 0 Å². The van der Waals surface area contributed by atoms with Gasteiger partial charge in [-0.2, -0.15) is 4.31 Å². The maximum absolute atomic E-state index is 12.9. The summed E-state index contributed by atoms with van der Waals surface area (Å²) in [6, 6.07) is 4.73. The van der Waals surface area contributed by atoms with Gasteiger partial charge < -0.3 is 14.8 Å². The Morgan fingerprint density at radius 2 is 1.96 bits per heavy atom. The molecule has 0 bridgehead atoms. The normalized spacial score (nSPS) is 11.8. The number of likely N-dealkylation sites (N-methyl/N-ethyl adjacent to an activating group) is 1. The third kappa shape index (κ3) is 7.48. The molecule has 154 valence electrons. The second-order valence-electron chi connectivity index (χ2n) is 6.41. The Labute approximate surface area is 163 Å². The maximum Gasteiger partial charge on any atom is 0.243 e. The van der Waals surface area contributed by atoms with Crippen LogP contribution in [-0.4, -0.2) is 57.6 Å². The van der Waals surface area contributed by atoms with Gasteiger partial charge in [0.15, 0.2) is 0 Å². The van der Waals surface area contributed by atoms with Crippen molar-refractivity contribution < 1.29 is 22.7 Å². The van der Waals surface area contributed by atoms with Crippen molar-refractivity contribution in [2.24, 2.45) is 0 Å². The highest BCUT2D eigenvalue weighted by Crippen LogP contribution is 2.24. The monoisotopic (exact) mass is 400 g/mol. The third-order valence-electron chi connectivity index (χ3n) is 3.85. The smallest absolute Gasteiger partial charge is 0.243 e. The number of hydrogen-bond donors (Lipinski definition) is 1. The Morgan fingerprint density at radius 3 is 2.52 bits per heavy atom. The fourth-order valence-electron chi connectivity index (χ4n) is 2.45. The lowest BCUT2D eigenvalue weighted by Crippen LogP contribution is -2.41. The van der Waals surface area contributed by atoms with Gasteiger partial charge in [0, 0.05) is 19.7 Å². The summed E-state index contributed by atoms with van der Waals surface area (Å²) in [4.78, 5) is 12.3. The first kappa shape index (κ1) is 23.4. The number of sulfonamides is 1. The van der Waals surface area contributed by atoms with Crippen LogP contribution in [-0.2, 0) is 19.6 Å². The average Bonchev–Trinajstić information content (AvgIpc) is 2.60. The summed E-state index contributed by atoms with van der Waals surface area (Å²) in [6.45, 7) is 10.8. The molecule has 0 saturated heterocycles. The molecule has 1 N–H and O–H groups in total. The summed E-state index contributed by atoms with van der Waals surface area (Å²) in [5, 5.41) is 2.74. The topological polar surface area (TPSA) is 84.9 Å². The molecule has 0 radical (unpaired) electrons. The second kappa shape index (κ2) is 11.3. The molecule has 0 aromatic heterocycles. The van der Waals surface area contributed by atoms with E-state index in [1.165, 1.54) is 10.4 Å². The Kier molecular flexibility index (Phi) is 9.76. The molecule has 8 heteroatoms. The van der Waals surface area contributed by atoms with Crippen LogP contribution < -0.4 is 10.1 Å². The van der Waals surface area contributed by atoms with Crippen LogP contribution in [0.15, 0.2) is 23.1 Å². The average molecular weight is 401 g/mol. The van der Waals surface area contributed by atoms with Gasteiger partial charge in [-0.05, 0) is 57.9 Å². The predicted octanol–water partition coefficient (Wildman–Crippen LogP) is 2.34. The number of amides is 1. The van der Waals surface area contributed by atoms with E-state index in [9.17, 15) is 13.2 Å². The van der Waals surface area contributed by atoms with E-state index in [4.69, 9.17) is 9.47 Å². The lowest BCUT2D eigenvalue weighted by atomic mass is 10.2. The Balaban J connectivity index is 2.70. The van der Waals surface area contributed by atoms with Crippen LogP contribution in [0.4, 0.5) is 0 Å². The highest BCUT2D eigenvalue weighted by Gasteiger charge is 2.25. The van der Waals surface area contributed by atoms with E-state index in [-0.39, 0.29) is 30.0 Å². The SMILES string of the molecule is CCOc1ccc(S(=O)(=O)N(CC)CC(=O)NCCCOC(C)C)cc1C. The molecule has 0 fully saturated rings. The number of hydrogen-bond acceptors (Lipinski definition) is 5. The largest absolute Gasteiger partial charge is 0.494 e. The van der Waals surface area contributed by atoms with Gasteiger partial charge in [0.1, 0.15) is 5.75 Å². The van der Waals surface area contributed by atoms with Crippen molar-refractivity contribution in [1.82, 2.24) is 9.62 Å². The van der Waals surface area contributed by atoms with Crippen molar-refractivity contribution in [2.75, 3.05) is 32.8 Å². The number of carbonyl (C=O) groups is 1. The van der Waals surface area contributed by atoms with Gasteiger partial charge in [-0.25, -0.2) is 8.42 Å². The lowest BCUT2D eigenvalue weighted by molar-refractivity contribution is -0.121. The molecule has 0 saturated carbocycles. The maximum atomic E-state index is 12.9. The Bertz CT molecular complexity index is 704. The first-order valence-corrected chi connectivity index (χ1v) is 10.8. The highest BCUT2D eigenvalue weighted by molar-refractivity contribution is 7.89.